The third-order valence-electron chi connectivity index (χ3n) is 8.96. The van der Waals surface area contributed by atoms with Crippen molar-refractivity contribution in [2.45, 2.75) is 61.5 Å². The lowest BCUT2D eigenvalue weighted by molar-refractivity contribution is -0.268. The third-order valence-corrected chi connectivity index (χ3v) is 11.6. The molecule has 0 saturated carbocycles. The van der Waals surface area contributed by atoms with Crippen LogP contribution < -0.4 is 10.0 Å². The van der Waals surface area contributed by atoms with Crippen LogP contribution in [0.25, 0.3) is 0 Å². The van der Waals surface area contributed by atoms with Crippen molar-refractivity contribution in [3.05, 3.63) is 143 Å². The number of imidazole rings is 1. The number of amides is 1. The van der Waals surface area contributed by atoms with Crippen molar-refractivity contribution in [1.82, 2.24) is 14.3 Å². The zero-order valence-electron chi connectivity index (χ0n) is 28.7. The number of nitrogens with zero attached hydrogens (tertiary/aromatic N) is 2. The normalized spacial score (nSPS) is 19.8. The van der Waals surface area contributed by atoms with E-state index < -0.39 is 28.3 Å². The molecular weight excluding hydrogens is 685 g/mol. The molecule has 0 unspecified atom stereocenters. The van der Waals surface area contributed by atoms with Gasteiger partial charge in [0.2, 0.25) is 15.9 Å². The maximum Gasteiger partial charge on any atom is 0.242 e. The first kappa shape index (κ1) is 36.5. The number of aryl methyl sites for hydroxylation is 2. The van der Waals surface area contributed by atoms with E-state index in [-0.39, 0.29) is 36.0 Å². The number of sulfonamides is 1. The number of benzene rings is 4. The van der Waals surface area contributed by atoms with E-state index in [1.54, 1.807) is 42.2 Å². The molecule has 0 aliphatic carbocycles. The second-order valence-electron chi connectivity index (χ2n) is 12.7. The Morgan fingerprint density at radius 3 is 2.25 bits per heavy atom. The van der Waals surface area contributed by atoms with E-state index in [2.05, 4.69) is 21.9 Å². The van der Waals surface area contributed by atoms with Gasteiger partial charge in [0.05, 0.1) is 23.7 Å². The Balaban J connectivity index is 1.19. The zero-order valence-corrected chi connectivity index (χ0v) is 30.3. The quantitative estimate of drug-likeness (QED) is 0.120. The number of carbonyl (C=O) groups is 1. The molecule has 4 aromatic carbocycles. The predicted molar refractivity (Wildman–Crippen MR) is 197 cm³/mol. The van der Waals surface area contributed by atoms with E-state index in [0.717, 1.165) is 33.0 Å². The highest BCUT2D eigenvalue weighted by molar-refractivity contribution is 7.99. The minimum Gasteiger partial charge on any atom is -0.392 e. The Hall–Kier alpha value is -4.30. The number of rotatable bonds is 13. The molecule has 51 heavy (non-hydrogen) atoms. The molecule has 3 N–H and O–H groups in total. The SMILES string of the molecule is Cc1ccc(S(=O)(=O)N[C@H](Cc2ccccc2)C(=O)Nc2ccc([C@H]3O[C@@H](CSc4nccn4C)[C@@H](C)[C@@H](c4ccc(CO)cc4)O3)cc2)cc1. The van der Waals surface area contributed by atoms with Crippen molar-refractivity contribution in [3.8, 4) is 0 Å². The lowest BCUT2D eigenvalue weighted by Crippen LogP contribution is -2.45. The largest absolute Gasteiger partial charge is 0.392 e. The van der Waals surface area contributed by atoms with Crippen LogP contribution in [0, 0.1) is 12.8 Å². The molecule has 2 heterocycles. The number of ether oxygens (including phenoxy) is 2. The summed E-state index contributed by atoms with van der Waals surface area (Å²) in [5.74, 6) is 0.184. The standard InChI is InChI=1S/C39H42N4O6S2/c1-26-9-19-33(20-10-26)51(46,47)42-34(23-28-7-5-4-6-8-28)37(45)41-32-17-15-31(16-18-32)38-48-35(25-50-39-40-21-22-43(39)3)27(2)36(49-38)30-13-11-29(24-44)12-14-30/h4-22,27,34-36,38,42,44H,23-25H2,1-3H3,(H,41,45)/t27-,34-,35+,36+,38+/m1/s1. The van der Waals surface area contributed by atoms with Gasteiger partial charge in [-0.05, 0) is 54.3 Å². The highest BCUT2D eigenvalue weighted by Gasteiger charge is 2.38. The summed E-state index contributed by atoms with van der Waals surface area (Å²) in [4.78, 5) is 18.2. The van der Waals surface area contributed by atoms with Crippen LogP contribution in [0.1, 0.15) is 47.1 Å². The van der Waals surface area contributed by atoms with Crippen LogP contribution in [0.4, 0.5) is 5.69 Å². The Morgan fingerprint density at radius 2 is 1.61 bits per heavy atom. The molecule has 1 saturated heterocycles. The fourth-order valence-electron chi connectivity index (χ4n) is 5.92. The van der Waals surface area contributed by atoms with Crippen molar-refractivity contribution < 1.29 is 27.8 Å². The van der Waals surface area contributed by atoms with E-state index in [1.165, 1.54) is 12.1 Å². The summed E-state index contributed by atoms with van der Waals surface area (Å²) < 4.78 is 44.4. The molecule has 1 fully saturated rings. The third kappa shape index (κ3) is 9.14. The number of thioether (sulfide) groups is 1. The predicted octanol–water partition coefficient (Wildman–Crippen LogP) is 6.33. The van der Waals surface area contributed by atoms with Crippen molar-refractivity contribution >= 4 is 33.4 Å². The van der Waals surface area contributed by atoms with E-state index in [9.17, 15) is 18.3 Å². The van der Waals surface area contributed by atoms with Gasteiger partial charge in [-0.3, -0.25) is 4.79 Å². The number of hydrogen-bond donors (Lipinski definition) is 3. The van der Waals surface area contributed by atoms with E-state index in [1.807, 2.05) is 91.5 Å². The second-order valence-corrected chi connectivity index (χ2v) is 15.4. The summed E-state index contributed by atoms with van der Waals surface area (Å²) in [5, 5.41) is 13.4. The van der Waals surface area contributed by atoms with Crippen LogP contribution in [-0.4, -0.2) is 46.9 Å². The van der Waals surface area contributed by atoms with Gasteiger partial charge in [-0.1, -0.05) is 103 Å². The fourth-order valence-corrected chi connectivity index (χ4v) is 8.21. The van der Waals surface area contributed by atoms with Gasteiger partial charge in [-0.2, -0.15) is 4.72 Å². The van der Waals surface area contributed by atoms with Gasteiger partial charge in [-0.15, -0.1) is 0 Å². The molecule has 0 radical (unpaired) electrons. The number of aliphatic hydroxyl groups is 1. The highest BCUT2D eigenvalue weighted by Crippen LogP contribution is 2.43. The van der Waals surface area contributed by atoms with Crippen LogP contribution in [0.15, 0.2) is 126 Å². The molecule has 5 aromatic rings. The minimum atomic E-state index is -3.98. The van der Waals surface area contributed by atoms with Gasteiger partial charge in [0.1, 0.15) is 6.04 Å². The van der Waals surface area contributed by atoms with Crippen LogP contribution in [-0.2, 0) is 44.4 Å². The molecule has 1 aliphatic heterocycles. The summed E-state index contributed by atoms with van der Waals surface area (Å²) in [6, 6.07) is 29.7. The summed E-state index contributed by atoms with van der Waals surface area (Å²) in [6.07, 6.45) is 2.71. The molecule has 5 atom stereocenters. The molecule has 266 valence electrons. The van der Waals surface area contributed by atoms with Crippen molar-refractivity contribution in [2.24, 2.45) is 13.0 Å². The van der Waals surface area contributed by atoms with Gasteiger partial charge in [0.15, 0.2) is 11.4 Å². The van der Waals surface area contributed by atoms with Gasteiger partial charge >= 0.3 is 0 Å². The van der Waals surface area contributed by atoms with Crippen molar-refractivity contribution in [1.29, 1.82) is 0 Å². The highest BCUT2D eigenvalue weighted by atomic mass is 32.2. The Kier molecular flexibility index (Phi) is 11.7. The molecule has 12 heteroatoms. The Morgan fingerprint density at radius 1 is 0.922 bits per heavy atom. The smallest absolute Gasteiger partial charge is 0.242 e. The molecule has 1 aromatic heterocycles. The van der Waals surface area contributed by atoms with E-state index in [0.29, 0.717) is 11.4 Å². The molecule has 6 rings (SSSR count). The van der Waals surface area contributed by atoms with Crippen molar-refractivity contribution in [2.75, 3.05) is 11.1 Å². The zero-order chi connectivity index (χ0) is 36.0. The number of nitrogens with one attached hydrogen (secondary N) is 2. The lowest BCUT2D eigenvalue weighted by Gasteiger charge is -2.41. The minimum absolute atomic E-state index is 0.0118. The summed E-state index contributed by atoms with van der Waals surface area (Å²) in [7, 11) is -2.02. The van der Waals surface area contributed by atoms with E-state index >= 15 is 0 Å². The molecule has 1 aliphatic rings. The maximum atomic E-state index is 13.7. The first-order valence-electron chi connectivity index (χ1n) is 16.7. The topological polar surface area (TPSA) is 132 Å². The van der Waals surface area contributed by atoms with Crippen LogP contribution in [0.3, 0.4) is 0 Å². The van der Waals surface area contributed by atoms with Gasteiger partial charge < -0.3 is 24.5 Å². The number of anilines is 1. The molecule has 1 amide bonds. The van der Waals surface area contributed by atoms with Crippen LogP contribution >= 0.6 is 11.8 Å². The molecule has 0 bridgehead atoms. The average molecular weight is 727 g/mol. The number of hydrogen-bond acceptors (Lipinski definition) is 8. The van der Waals surface area contributed by atoms with Gasteiger partial charge in [-0.25, -0.2) is 13.4 Å². The Bertz CT molecular complexity index is 2000. The average Bonchev–Trinajstić information content (AvgIpc) is 3.56. The van der Waals surface area contributed by atoms with Crippen LogP contribution in [0.2, 0.25) is 0 Å². The van der Waals surface area contributed by atoms with Crippen molar-refractivity contribution in [3.63, 3.8) is 0 Å². The number of aliphatic hydroxyl groups excluding tert-OH is 1. The second kappa shape index (κ2) is 16.4. The molecule has 10 nitrogen and oxygen atoms in total. The van der Waals surface area contributed by atoms with E-state index in [4.69, 9.17) is 9.47 Å². The number of carbonyl (C=O) groups excluding carboxylic acids is 1. The van der Waals surface area contributed by atoms with Gasteiger partial charge in [0, 0.05) is 42.4 Å². The molecule has 0 spiro atoms. The monoisotopic (exact) mass is 726 g/mol. The fraction of sp³-hybridized carbons (Fsp3) is 0.282. The lowest BCUT2D eigenvalue weighted by atomic mass is 9.91. The van der Waals surface area contributed by atoms with Crippen LogP contribution in [0.5, 0.6) is 0 Å². The summed E-state index contributed by atoms with van der Waals surface area (Å²) in [6.45, 7) is 3.96. The van der Waals surface area contributed by atoms with Gasteiger partial charge in [0.25, 0.3) is 0 Å². The Labute approximate surface area is 303 Å². The summed E-state index contributed by atoms with van der Waals surface area (Å²) in [5.41, 5.74) is 4.82. The molecular formula is C39H42N4O6S2. The maximum absolute atomic E-state index is 13.7. The first-order chi connectivity index (χ1) is 24.6. The number of aromatic nitrogens is 2. The summed E-state index contributed by atoms with van der Waals surface area (Å²) >= 11 is 1.62. The first-order valence-corrected chi connectivity index (χ1v) is 19.2.